The highest BCUT2D eigenvalue weighted by Crippen LogP contribution is 2.34. The Labute approximate surface area is 120 Å². The van der Waals surface area contributed by atoms with E-state index in [0.29, 0.717) is 15.7 Å². The summed E-state index contributed by atoms with van der Waals surface area (Å²) >= 11 is 12.3. The normalized spacial score (nSPS) is 11.1. The van der Waals surface area contributed by atoms with Crippen molar-refractivity contribution in [2.75, 3.05) is 5.73 Å². The van der Waals surface area contributed by atoms with E-state index in [0.717, 1.165) is 22.4 Å². The van der Waals surface area contributed by atoms with Gasteiger partial charge in [0.1, 0.15) is 5.82 Å². The van der Waals surface area contributed by atoms with Crippen LogP contribution in [0.5, 0.6) is 0 Å². The molecule has 1 aromatic heterocycles. The first-order chi connectivity index (χ1) is 9.08. The lowest BCUT2D eigenvalue weighted by atomic mass is 10.1. The third kappa shape index (κ3) is 1.95. The van der Waals surface area contributed by atoms with E-state index >= 15 is 0 Å². The molecule has 19 heavy (non-hydrogen) atoms. The molecule has 2 N–H and O–H groups in total. The van der Waals surface area contributed by atoms with E-state index in [1.807, 2.05) is 41.9 Å². The number of hydrogen-bond acceptors (Lipinski definition) is 2. The van der Waals surface area contributed by atoms with Crippen LogP contribution in [-0.4, -0.2) is 9.55 Å². The van der Waals surface area contributed by atoms with Crippen molar-refractivity contribution in [1.82, 2.24) is 9.55 Å². The van der Waals surface area contributed by atoms with E-state index in [9.17, 15) is 0 Å². The first kappa shape index (κ1) is 12.3. The lowest BCUT2D eigenvalue weighted by Crippen LogP contribution is -1.97. The summed E-state index contributed by atoms with van der Waals surface area (Å²) in [5, 5.41) is 1.26. The Bertz CT molecular complexity index is 757. The molecule has 0 spiro atoms. The van der Waals surface area contributed by atoms with Crippen molar-refractivity contribution in [2.24, 2.45) is 7.05 Å². The summed E-state index contributed by atoms with van der Waals surface area (Å²) in [6, 6.07) is 11.0. The molecule has 3 nitrogen and oxygen atoms in total. The SMILES string of the molecule is Cn1c(-c2c(N)cccc2Cl)nc2ccc(Cl)cc21. The fraction of sp³-hybridized carbons (Fsp3) is 0.0714. The number of imidazole rings is 1. The third-order valence-electron chi connectivity index (χ3n) is 3.11. The Hall–Kier alpha value is -1.71. The maximum absolute atomic E-state index is 6.24. The summed E-state index contributed by atoms with van der Waals surface area (Å²) in [5.74, 6) is 0.736. The van der Waals surface area contributed by atoms with Gasteiger partial charge in [0.25, 0.3) is 0 Å². The Morgan fingerprint density at radius 3 is 2.68 bits per heavy atom. The summed E-state index contributed by atoms with van der Waals surface area (Å²) in [5.41, 5.74) is 9.18. The standard InChI is InChI=1S/C14H11Cl2N3/c1-19-12-7-8(15)5-6-11(12)18-14(19)13-9(16)3-2-4-10(13)17/h2-7H,17H2,1H3. The number of fused-ring (bicyclic) bond motifs is 1. The van der Waals surface area contributed by atoms with E-state index < -0.39 is 0 Å². The van der Waals surface area contributed by atoms with Crippen LogP contribution in [0.4, 0.5) is 5.69 Å². The molecule has 5 heteroatoms. The van der Waals surface area contributed by atoms with Crippen LogP contribution in [0.2, 0.25) is 10.0 Å². The van der Waals surface area contributed by atoms with Crippen LogP contribution in [0.15, 0.2) is 36.4 Å². The predicted octanol–water partition coefficient (Wildman–Crippen LogP) is 4.13. The lowest BCUT2D eigenvalue weighted by molar-refractivity contribution is 0.960. The average Bonchev–Trinajstić information content (AvgIpc) is 2.67. The fourth-order valence-corrected chi connectivity index (χ4v) is 2.60. The third-order valence-corrected chi connectivity index (χ3v) is 3.66. The molecule has 0 aliphatic heterocycles. The molecule has 0 fully saturated rings. The topological polar surface area (TPSA) is 43.8 Å². The Kier molecular flexibility index (Phi) is 2.88. The van der Waals surface area contributed by atoms with Crippen molar-refractivity contribution in [3.8, 4) is 11.4 Å². The minimum atomic E-state index is 0.588. The van der Waals surface area contributed by atoms with Gasteiger partial charge in [0.05, 0.1) is 21.6 Å². The second-order valence-electron chi connectivity index (χ2n) is 4.33. The van der Waals surface area contributed by atoms with Gasteiger partial charge >= 0.3 is 0 Å². The van der Waals surface area contributed by atoms with Crippen molar-refractivity contribution < 1.29 is 0 Å². The number of nitrogen functional groups attached to an aromatic ring is 1. The average molecular weight is 292 g/mol. The van der Waals surface area contributed by atoms with Gasteiger partial charge in [-0.2, -0.15) is 0 Å². The summed E-state index contributed by atoms with van der Waals surface area (Å²) < 4.78 is 1.94. The van der Waals surface area contributed by atoms with Crippen LogP contribution in [-0.2, 0) is 7.05 Å². The zero-order valence-corrected chi connectivity index (χ0v) is 11.7. The first-order valence-corrected chi connectivity index (χ1v) is 6.50. The van der Waals surface area contributed by atoms with Crippen molar-refractivity contribution in [2.45, 2.75) is 0 Å². The van der Waals surface area contributed by atoms with Gasteiger partial charge in [-0.25, -0.2) is 4.98 Å². The lowest BCUT2D eigenvalue weighted by Gasteiger charge is -2.07. The molecule has 96 valence electrons. The molecule has 0 aliphatic rings. The van der Waals surface area contributed by atoms with E-state index in [2.05, 4.69) is 4.98 Å². The monoisotopic (exact) mass is 291 g/mol. The minimum Gasteiger partial charge on any atom is -0.398 e. The van der Waals surface area contributed by atoms with Gasteiger partial charge in [-0.1, -0.05) is 29.3 Å². The molecule has 3 aromatic rings. The molecule has 0 radical (unpaired) electrons. The number of nitrogens with two attached hydrogens (primary N) is 1. The van der Waals surface area contributed by atoms with E-state index in [1.165, 1.54) is 0 Å². The molecular weight excluding hydrogens is 281 g/mol. The smallest absolute Gasteiger partial charge is 0.144 e. The summed E-state index contributed by atoms with van der Waals surface area (Å²) in [6.45, 7) is 0. The van der Waals surface area contributed by atoms with Gasteiger partial charge in [-0.15, -0.1) is 0 Å². The Balaban J connectivity index is 2.35. The fourth-order valence-electron chi connectivity index (χ4n) is 2.16. The summed E-state index contributed by atoms with van der Waals surface area (Å²) in [7, 11) is 1.92. The molecular formula is C14H11Cl2N3. The van der Waals surface area contributed by atoms with Crippen molar-refractivity contribution in [3.05, 3.63) is 46.4 Å². The van der Waals surface area contributed by atoms with Crippen LogP contribution in [0.25, 0.3) is 22.4 Å². The molecule has 0 atom stereocenters. The second-order valence-corrected chi connectivity index (χ2v) is 5.18. The van der Waals surface area contributed by atoms with Crippen LogP contribution in [0.3, 0.4) is 0 Å². The van der Waals surface area contributed by atoms with Crippen molar-refractivity contribution >= 4 is 39.9 Å². The van der Waals surface area contributed by atoms with Crippen LogP contribution in [0.1, 0.15) is 0 Å². The van der Waals surface area contributed by atoms with Crippen LogP contribution < -0.4 is 5.73 Å². The van der Waals surface area contributed by atoms with Crippen LogP contribution >= 0.6 is 23.2 Å². The molecule has 0 unspecified atom stereocenters. The van der Waals surface area contributed by atoms with E-state index in [4.69, 9.17) is 28.9 Å². The first-order valence-electron chi connectivity index (χ1n) is 5.74. The highest BCUT2D eigenvalue weighted by molar-refractivity contribution is 6.34. The number of aromatic nitrogens is 2. The second kappa shape index (κ2) is 4.44. The van der Waals surface area contributed by atoms with E-state index in [-0.39, 0.29) is 0 Å². The number of anilines is 1. The van der Waals surface area contributed by atoms with Crippen LogP contribution in [0, 0.1) is 0 Å². The summed E-state index contributed by atoms with van der Waals surface area (Å²) in [4.78, 5) is 4.59. The molecule has 3 rings (SSSR count). The van der Waals surface area contributed by atoms with E-state index in [1.54, 1.807) is 6.07 Å². The number of aryl methyl sites for hydroxylation is 1. The maximum atomic E-state index is 6.24. The Morgan fingerprint density at radius 1 is 1.16 bits per heavy atom. The number of benzene rings is 2. The number of halogens is 2. The summed E-state index contributed by atoms with van der Waals surface area (Å²) in [6.07, 6.45) is 0. The number of rotatable bonds is 1. The minimum absolute atomic E-state index is 0.588. The van der Waals surface area contributed by atoms with Gasteiger partial charge < -0.3 is 10.3 Å². The number of nitrogens with zero attached hydrogens (tertiary/aromatic N) is 2. The molecule has 0 amide bonds. The van der Waals surface area contributed by atoms with Gasteiger partial charge in [0.15, 0.2) is 0 Å². The van der Waals surface area contributed by atoms with Gasteiger partial charge in [-0.3, -0.25) is 0 Å². The zero-order chi connectivity index (χ0) is 13.6. The largest absolute Gasteiger partial charge is 0.398 e. The molecule has 0 saturated heterocycles. The predicted molar refractivity (Wildman–Crippen MR) is 80.6 cm³/mol. The molecule has 0 bridgehead atoms. The highest BCUT2D eigenvalue weighted by Gasteiger charge is 2.15. The quantitative estimate of drug-likeness (QED) is 0.685. The van der Waals surface area contributed by atoms with Gasteiger partial charge in [-0.05, 0) is 30.3 Å². The molecule has 0 aliphatic carbocycles. The van der Waals surface area contributed by atoms with Crippen molar-refractivity contribution in [1.29, 1.82) is 0 Å². The van der Waals surface area contributed by atoms with Crippen molar-refractivity contribution in [3.63, 3.8) is 0 Å². The number of hydrogen-bond donors (Lipinski definition) is 1. The maximum Gasteiger partial charge on any atom is 0.144 e. The van der Waals surface area contributed by atoms with Gasteiger partial charge in [0, 0.05) is 17.8 Å². The Morgan fingerprint density at radius 2 is 1.95 bits per heavy atom. The molecule has 0 saturated carbocycles. The highest BCUT2D eigenvalue weighted by atomic mass is 35.5. The molecule has 1 heterocycles. The molecule has 2 aromatic carbocycles. The van der Waals surface area contributed by atoms with Gasteiger partial charge in [0.2, 0.25) is 0 Å². The zero-order valence-electron chi connectivity index (χ0n) is 10.2.